The number of hydrogen-bond donors (Lipinski definition) is 0. The van der Waals surface area contributed by atoms with Gasteiger partial charge in [-0.25, -0.2) is 8.42 Å². The second kappa shape index (κ2) is 7.21. The number of rotatable bonds is 4. The van der Waals surface area contributed by atoms with E-state index in [-0.39, 0.29) is 23.1 Å². The minimum absolute atomic E-state index is 0.00633. The molecule has 1 saturated heterocycles. The Labute approximate surface area is 158 Å². The van der Waals surface area contributed by atoms with Gasteiger partial charge in [-0.3, -0.25) is 9.78 Å². The van der Waals surface area contributed by atoms with Crippen LogP contribution in [0.5, 0.6) is 0 Å². The van der Waals surface area contributed by atoms with E-state index in [2.05, 4.69) is 4.98 Å². The predicted octanol–water partition coefficient (Wildman–Crippen LogP) is 3.52. The zero-order valence-electron chi connectivity index (χ0n) is 14.8. The van der Waals surface area contributed by atoms with Crippen LogP contribution in [0, 0.1) is 5.92 Å². The molecule has 0 bridgehead atoms. The van der Waals surface area contributed by atoms with Gasteiger partial charge in [-0.1, -0.05) is 36.4 Å². The lowest BCUT2D eigenvalue weighted by molar-refractivity contribution is 0.0872. The smallest absolute Gasteiger partial charge is 0.244 e. The highest BCUT2D eigenvalue weighted by Gasteiger charge is 2.33. The van der Waals surface area contributed by atoms with Gasteiger partial charge in [0, 0.05) is 37.0 Å². The third-order valence-corrected chi connectivity index (χ3v) is 6.91. The summed E-state index contributed by atoms with van der Waals surface area (Å²) in [6.07, 6.45) is 4.26. The van der Waals surface area contributed by atoms with Gasteiger partial charge in [0.2, 0.25) is 10.0 Å². The molecule has 6 heteroatoms. The molecule has 1 unspecified atom stereocenters. The molecule has 3 aromatic rings. The van der Waals surface area contributed by atoms with Crippen molar-refractivity contribution in [2.45, 2.75) is 17.7 Å². The van der Waals surface area contributed by atoms with Gasteiger partial charge >= 0.3 is 0 Å². The summed E-state index contributed by atoms with van der Waals surface area (Å²) in [5.41, 5.74) is 0.638. The van der Waals surface area contributed by atoms with Crippen LogP contribution in [0.1, 0.15) is 23.2 Å². The second-order valence-electron chi connectivity index (χ2n) is 6.82. The van der Waals surface area contributed by atoms with Crippen LogP contribution in [-0.2, 0) is 10.0 Å². The number of benzene rings is 2. The SMILES string of the molecule is O=C(c1ccc2ccccc2c1)C1CCCN(S(=O)(=O)c2cccnc2)C1. The highest BCUT2D eigenvalue weighted by atomic mass is 32.2. The first-order valence-corrected chi connectivity index (χ1v) is 10.4. The maximum Gasteiger partial charge on any atom is 0.244 e. The summed E-state index contributed by atoms with van der Waals surface area (Å²) in [5.74, 6) is -0.321. The third-order valence-electron chi connectivity index (χ3n) is 5.06. The minimum atomic E-state index is -3.63. The number of fused-ring (bicyclic) bond motifs is 1. The van der Waals surface area contributed by atoms with Crippen molar-refractivity contribution >= 4 is 26.6 Å². The Balaban J connectivity index is 1.58. The fourth-order valence-electron chi connectivity index (χ4n) is 3.60. The van der Waals surface area contributed by atoms with Crippen molar-refractivity contribution in [1.82, 2.24) is 9.29 Å². The number of nitrogens with zero attached hydrogens (tertiary/aromatic N) is 2. The molecular formula is C21H20N2O3S. The van der Waals surface area contributed by atoms with Crippen LogP contribution in [-0.4, -0.2) is 36.6 Å². The van der Waals surface area contributed by atoms with Gasteiger partial charge in [-0.15, -0.1) is 0 Å². The van der Waals surface area contributed by atoms with E-state index < -0.39 is 10.0 Å². The first-order valence-electron chi connectivity index (χ1n) is 8.99. The zero-order valence-corrected chi connectivity index (χ0v) is 15.6. The number of pyridine rings is 1. The molecule has 0 N–H and O–H groups in total. The number of aromatic nitrogens is 1. The number of ketones is 1. The molecular weight excluding hydrogens is 360 g/mol. The van der Waals surface area contributed by atoms with E-state index >= 15 is 0 Å². The van der Waals surface area contributed by atoms with Crippen LogP contribution in [0.3, 0.4) is 0 Å². The summed E-state index contributed by atoms with van der Waals surface area (Å²) < 4.78 is 27.1. The summed E-state index contributed by atoms with van der Waals surface area (Å²) in [4.78, 5) is 17.1. The monoisotopic (exact) mass is 380 g/mol. The Hall–Kier alpha value is -2.57. The maximum atomic E-state index is 13.0. The molecule has 1 atom stereocenters. The van der Waals surface area contributed by atoms with E-state index in [1.807, 2.05) is 42.5 Å². The summed E-state index contributed by atoms with van der Waals surface area (Å²) in [6, 6.07) is 16.7. The lowest BCUT2D eigenvalue weighted by Gasteiger charge is -2.31. The number of Topliss-reactive ketones (excluding diaryl/α,β-unsaturated/α-hetero) is 1. The quantitative estimate of drug-likeness (QED) is 0.650. The highest BCUT2D eigenvalue weighted by Crippen LogP contribution is 2.27. The Kier molecular flexibility index (Phi) is 4.76. The molecule has 0 amide bonds. The Bertz CT molecular complexity index is 1080. The normalized spacial score (nSPS) is 18.4. The molecule has 0 radical (unpaired) electrons. The van der Waals surface area contributed by atoms with E-state index in [9.17, 15) is 13.2 Å². The summed E-state index contributed by atoms with van der Waals surface area (Å²) >= 11 is 0. The van der Waals surface area contributed by atoms with Gasteiger partial charge in [0.25, 0.3) is 0 Å². The zero-order chi connectivity index (χ0) is 18.9. The molecule has 0 spiro atoms. The van der Waals surface area contributed by atoms with Crippen molar-refractivity contribution in [3.63, 3.8) is 0 Å². The van der Waals surface area contributed by atoms with E-state index in [0.717, 1.165) is 10.8 Å². The molecule has 0 saturated carbocycles. The molecule has 0 aliphatic carbocycles. The lowest BCUT2D eigenvalue weighted by atomic mass is 9.90. The number of piperidine rings is 1. The van der Waals surface area contributed by atoms with Gasteiger partial charge in [0.05, 0.1) is 0 Å². The second-order valence-corrected chi connectivity index (χ2v) is 8.76. The number of hydrogen-bond acceptors (Lipinski definition) is 4. The van der Waals surface area contributed by atoms with E-state index in [1.165, 1.54) is 16.6 Å². The maximum absolute atomic E-state index is 13.0. The topological polar surface area (TPSA) is 67.3 Å². The van der Waals surface area contributed by atoms with E-state index in [4.69, 9.17) is 0 Å². The summed E-state index contributed by atoms with van der Waals surface area (Å²) in [5, 5.41) is 2.09. The first-order chi connectivity index (χ1) is 13.1. The van der Waals surface area contributed by atoms with Crippen molar-refractivity contribution in [3.05, 3.63) is 72.6 Å². The fraction of sp³-hybridized carbons (Fsp3) is 0.238. The van der Waals surface area contributed by atoms with Crippen LogP contribution >= 0.6 is 0 Å². The van der Waals surface area contributed by atoms with Gasteiger partial charge in [-0.05, 0) is 41.8 Å². The van der Waals surface area contributed by atoms with Gasteiger partial charge in [0.15, 0.2) is 5.78 Å². The molecule has 138 valence electrons. The number of sulfonamides is 1. The fourth-order valence-corrected chi connectivity index (χ4v) is 5.09. The van der Waals surface area contributed by atoms with Crippen LogP contribution in [0.2, 0.25) is 0 Å². The molecule has 5 nitrogen and oxygen atoms in total. The molecule has 27 heavy (non-hydrogen) atoms. The molecule has 4 rings (SSSR count). The van der Waals surface area contributed by atoms with E-state index in [0.29, 0.717) is 24.9 Å². The standard InChI is InChI=1S/C21H20N2O3S/c24-21(18-10-9-16-5-1-2-6-17(16)13-18)19-7-4-12-23(15-19)27(25,26)20-8-3-11-22-14-20/h1-3,5-6,8-11,13-14,19H,4,7,12,15H2. The highest BCUT2D eigenvalue weighted by molar-refractivity contribution is 7.89. The van der Waals surface area contributed by atoms with Crippen LogP contribution in [0.4, 0.5) is 0 Å². The Morgan fingerprint density at radius 3 is 2.63 bits per heavy atom. The average Bonchev–Trinajstić information content (AvgIpc) is 2.73. The van der Waals surface area contributed by atoms with Crippen LogP contribution in [0.25, 0.3) is 10.8 Å². The van der Waals surface area contributed by atoms with Gasteiger partial charge in [0.1, 0.15) is 4.90 Å². The Morgan fingerprint density at radius 2 is 1.85 bits per heavy atom. The van der Waals surface area contributed by atoms with Crippen molar-refractivity contribution in [1.29, 1.82) is 0 Å². The number of carbonyl (C=O) groups excluding carboxylic acids is 1. The lowest BCUT2D eigenvalue weighted by Crippen LogP contribution is -2.42. The van der Waals surface area contributed by atoms with E-state index in [1.54, 1.807) is 12.3 Å². The third kappa shape index (κ3) is 3.50. The number of carbonyl (C=O) groups is 1. The van der Waals surface area contributed by atoms with Crippen LogP contribution in [0.15, 0.2) is 71.9 Å². The van der Waals surface area contributed by atoms with Crippen LogP contribution < -0.4 is 0 Å². The molecule has 1 aromatic heterocycles. The van der Waals surface area contributed by atoms with Crippen molar-refractivity contribution < 1.29 is 13.2 Å². The first kappa shape index (κ1) is 17.8. The summed E-state index contributed by atoms with van der Waals surface area (Å²) in [7, 11) is -3.63. The largest absolute Gasteiger partial charge is 0.294 e. The Morgan fingerprint density at radius 1 is 1.04 bits per heavy atom. The molecule has 1 fully saturated rings. The molecule has 1 aliphatic rings. The van der Waals surface area contributed by atoms with Gasteiger partial charge < -0.3 is 0 Å². The molecule has 2 aromatic carbocycles. The van der Waals surface area contributed by atoms with Gasteiger partial charge in [-0.2, -0.15) is 4.31 Å². The minimum Gasteiger partial charge on any atom is -0.294 e. The summed E-state index contributed by atoms with van der Waals surface area (Å²) in [6.45, 7) is 0.640. The van der Waals surface area contributed by atoms with Crippen molar-refractivity contribution in [2.24, 2.45) is 5.92 Å². The average molecular weight is 380 g/mol. The predicted molar refractivity (Wildman–Crippen MR) is 104 cm³/mol. The van der Waals surface area contributed by atoms with Crippen molar-refractivity contribution in [3.8, 4) is 0 Å². The van der Waals surface area contributed by atoms with Crippen molar-refractivity contribution in [2.75, 3.05) is 13.1 Å². The molecule has 2 heterocycles. The molecule has 1 aliphatic heterocycles.